The highest BCUT2D eigenvalue weighted by molar-refractivity contribution is 6.13. The Balaban J connectivity index is 0.782. The fourth-order valence-corrected chi connectivity index (χ4v) is 13.7. The van der Waals surface area contributed by atoms with E-state index in [9.17, 15) is 67.4 Å². The maximum atomic E-state index is 14.6. The normalized spacial score (nSPS) is 17.6. The number of methoxy groups -OCH3 is 3. The zero-order chi connectivity index (χ0) is 84.9. The first-order valence-corrected chi connectivity index (χ1v) is 38.8. The second-order valence-corrected chi connectivity index (χ2v) is 30.4. The third-order valence-electron chi connectivity index (χ3n) is 20.1. The van der Waals surface area contributed by atoms with Gasteiger partial charge in [0.25, 0.3) is 23.6 Å². The van der Waals surface area contributed by atoms with Gasteiger partial charge in [-0.3, -0.25) is 62.5 Å². The Bertz CT molecular complexity index is 4340. The van der Waals surface area contributed by atoms with Gasteiger partial charge in [-0.25, -0.2) is 14.5 Å². The molecule has 8 N–H and O–H groups in total. The van der Waals surface area contributed by atoms with Crippen molar-refractivity contribution in [1.82, 2.24) is 41.3 Å². The van der Waals surface area contributed by atoms with Gasteiger partial charge in [-0.15, -0.1) is 0 Å². The minimum Gasteiger partial charge on any atom is -0.493 e. The monoisotopic (exact) mass is 1630 g/mol. The van der Waals surface area contributed by atoms with Crippen LogP contribution in [-0.4, -0.2) is 240 Å². The summed E-state index contributed by atoms with van der Waals surface area (Å²) in [7, 11) is 4.34. The largest absolute Gasteiger partial charge is 0.493 e. The number of imide groups is 1. The summed E-state index contributed by atoms with van der Waals surface area (Å²) < 4.78 is 51.8. The molecule has 0 aromatic heterocycles. The molecule has 0 unspecified atom stereocenters. The first-order valence-electron chi connectivity index (χ1n) is 38.8. The van der Waals surface area contributed by atoms with Crippen molar-refractivity contribution in [3.05, 3.63) is 119 Å². The van der Waals surface area contributed by atoms with Gasteiger partial charge < -0.3 is 94.8 Å². The summed E-state index contributed by atoms with van der Waals surface area (Å²) in [6.07, 6.45) is -0.286. The third-order valence-corrected chi connectivity index (χ3v) is 20.1. The molecule has 2 fully saturated rings. The van der Waals surface area contributed by atoms with Crippen molar-refractivity contribution in [2.45, 2.75) is 150 Å². The van der Waals surface area contributed by atoms with Gasteiger partial charge in [-0.05, 0) is 91.5 Å². The number of nitrogens with one attached hydrogen (secondary N) is 7. The highest BCUT2D eigenvalue weighted by atomic mass is 16.6. The number of nitrogens with zero attached hydrogens (tertiary/aromatic N) is 5. The van der Waals surface area contributed by atoms with Gasteiger partial charge in [-0.1, -0.05) is 78.0 Å². The Hall–Kier alpha value is -11.7. The topological polar surface area (TPSA) is 426 Å². The van der Waals surface area contributed by atoms with Crippen LogP contribution in [0.5, 0.6) is 23.0 Å². The predicted octanol–water partition coefficient (Wildman–Crippen LogP) is 5.25. The lowest BCUT2D eigenvalue weighted by Gasteiger charge is -2.32. The van der Waals surface area contributed by atoms with Crippen molar-refractivity contribution in [2.24, 2.45) is 17.3 Å². The minimum atomic E-state index is -1.59. The van der Waals surface area contributed by atoms with Crippen LogP contribution in [0.3, 0.4) is 0 Å². The second kappa shape index (κ2) is 41.2. The number of ether oxygens (including phenoxy) is 9. The molecule has 0 bridgehead atoms. The summed E-state index contributed by atoms with van der Waals surface area (Å²) in [5, 5.41) is 31.1. The highest BCUT2D eigenvalue weighted by Gasteiger charge is 2.51. The molecule has 0 saturated carbocycles. The molecule has 4 aromatic rings. The Morgan fingerprint density at radius 1 is 0.564 bits per heavy atom. The molecule has 4 aromatic carbocycles. The number of fused-ring (bicyclic) bond motifs is 4. The van der Waals surface area contributed by atoms with E-state index in [0.29, 0.717) is 48.6 Å². The number of aliphatic hydroxyl groups excluding tert-OH is 1. The summed E-state index contributed by atoms with van der Waals surface area (Å²) in [6.45, 7) is 19.0. The molecule has 5 heterocycles. The lowest BCUT2D eigenvalue weighted by Crippen LogP contribution is -2.53. The van der Waals surface area contributed by atoms with E-state index in [0.717, 1.165) is 27.5 Å². The average Bonchev–Trinajstić information content (AvgIpc) is 1.61. The minimum absolute atomic E-state index is 0.00843. The fourth-order valence-electron chi connectivity index (χ4n) is 13.7. The van der Waals surface area contributed by atoms with Crippen LogP contribution in [0.2, 0.25) is 0 Å². The number of hydrogen-bond acceptors (Lipinski definition) is 23. The van der Waals surface area contributed by atoms with Crippen LogP contribution in [0.4, 0.5) is 32.3 Å². The van der Waals surface area contributed by atoms with Crippen LogP contribution < -0.4 is 66.0 Å². The summed E-state index contributed by atoms with van der Waals surface area (Å²) in [5.41, 5.74) is 2.48. The summed E-state index contributed by atoms with van der Waals surface area (Å²) >= 11 is 0. The molecule has 13 amide bonds. The predicted molar refractivity (Wildman–Crippen MR) is 425 cm³/mol. The van der Waals surface area contributed by atoms with Gasteiger partial charge in [0.2, 0.25) is 41.4 Å². The van der Waals surface area contributed by atoms with E-state index in [-0.39, 0.29) is 174 Å². The number of aliphatic hydroxyl groups is 1. The van der Waals surface area contributed by atoms with E-state index in [1.165, 1.54) is 69.2 Å². The quantitative estimate of drug-likeness (QED) is 0.0160. The number of carbonyl (C=O) groups excluding carboxylic acids is 13. The van der Waals surface area contributed by atoms with E-state index in [4.69, 9.17) is 42.6 Å². The van der Waals surface area contributed by atoms with Crippen molar-refractivity contribution in [2.75, 3.05) is 121 Å². The molecule has 632 valence electrons. The van der Waals surface area contributed by atoms with Crippen LogP contribution >= 0.6 is 0 Å². The molecule has 5 aliphatic heterocycles. The molecule has 0 aliphatic carbocycles. The van der Waals surface area contributed by atoms with Gasteiger partial charge in [0.05, 0.1) is 102 Å². The van der Waals surface area contributed by atoms with Crippen LogP contribution in [0, 0.1) is 17.3 Å². The van der Waals surface area contributed by atoms with E-state index >= 15 is 0 Å². The maximum Gasteiger partial charge on any atom is 0.416 e. The standard InChI is InChI=1S/C82H106N12O23/c1-47(2)71(88-67(96)25-31-112-33-27-83-66(95)24-28-90-69(98)22-23-70(90)99)75(102)84-51(7)74(101)87-55-20-16-53(17-21-55)45-117-81(108)94-60-40-65(63(111-12)38-58(60)78(105)93-46-82(8,9)41-61(93)79(94)106)115-30-13-29-114-64-39-59-57(37-62(64)110-11)77(104)91-42-49(5)36-56(91)43-92(59)80(107)116-44-52-14-18-54(19-15-52)86-73(100)50(6)85-76(103)72(48(3)4)89-68(97)26-32-113-35-34-109-10/h14-23,37-40,47-48,50-51,56,61,71-72,79,106H,5,13,24-36,41-46H2,1-4,6-12H3,(H,83,95)(H,84,102)(H,85,103)(H,86,100)(H,87,101)(H,88,96)(H,89,97)/t50-,51-,56-,61-,71-,72-,79-/m0/s1. The number of carbonyl (C=O) groups is 13. The smallest absolute Gasteiger partial charge is 0.416 e. The number of anilines is 4. The SMILES string of the molecule is C=C1C[C@H]2CN(C(=O)OCc3ccc(NC(=O)[C@H](C)NC(=O)[C@@H](NC(=O)CCOCCOC)C(C)C)cc3)c3cc(OCCCOc4cc5c(cc4OC)C(=O)N4CC(C)(C)C[C@H]4[C@H](O)N5C(=O)OCc4ccc(NC(=O)[C@H](C)NC(=O)[C@@H](NC(=O)CCOCCNC(=O)CCN5C(=O)C=CC5=O)C(C)C)cc4)c(OC)cc3C(=O)N2C1. The molecule has 7 atom stereocenters. The molecule has 9 rings (SSSR count). The van der Waals surface area contributed by atoms with E-state index in [1.807, 2.05) is 13.8 Å². The maximum absolute atomic E-state index is 14.6. The van der Waals surface area contributed by atoms with E-state index < -0.39 is 113 Å². The summed E-state index contributed by atoms with van der Waals surface area (Å²) in [4.78, 5) is 179. The summed E-state index contributed by atoms with van der Waals surface area (Å²) in [6, 6.07) is 13.5. The van der Waals surface area contributed by atoms with Crippen LogP contribution in [-0.2, 0) is 80.0 Å². The van der Waals surface area contributed by atoms with Gasteiger partial charge >= 0.3 is 12.2 Å². The molecule has 2 saturated heterocycles. The van der Waals surface area contributed by atoms with Crippen molar-refractivity contribution < 1.29 is 110 Å². The van der Waals surface area contributed by atoms with Gasteiger partial charge in [0.1, 0.15) is 37.4 Å². The first-order chi connectivity index (χ1) is 55.8. The second-order valence-electron chi connectivity index (χ2n) is 30.4. The molecule has 35 nitrogen and oxygen atoms in total. The number of hydrogen-bond donors (Lipinski definition) is 8. The Labute approximate surface area is 678 Å². The molecular formula is C82H106N12O23. The Kier molecular flexibility index (Phi) is 31.5. The third kappa shape index (κ3) is 23.8. The van der Waals surface area contributed by atoms with Gasteiger partial charge in [0, 0.05) is 94.6 Å². The number of benzene rings is 4. The van der Waals surface area contributed by atoms with E-state index in [2.05, 4.69) is 43.8 Å². The Morgan fingerprint density at radius 3 is 1.57 bits per heavy atom. The lowest BCUT2D eigenvalue weighted by atomic mass is 9.90. The van der Waals surface area contributed by atoms with Crippen molar-refractivity contribution in [3.63, 3.8) is 0 Å². The van der Waals surface area contributed by atoms with Crippen LogP contribution in [0.25, 0.3) is 0 Å². The van der Waals surface area contributed by atoms with Crippen LogP contribution in [0.1, 0.15) is 126 Å². The van der Waals surface area contributed by atoms with Crippen molar-refractivity contribution in [3.8, 4) is 23.0 Å². The molecule has 35 heteroatoms. The Morgan fingerprint density at radius 2 is 1.06 bits per heavy atom. The van der Waals surface area contributed by atoms with E-state index in [1.54, 1.807) is 81.1 Å². The van der Waals surface area contributed by atoms with Crippen LogP contribution in [0.15, 0.2) is 97.1 Å². The highest BCUT2D eigenvalue weighted by Crippen LogP contribution is 2.46. The molecular weight excluding hydrogens is 1520 g/mol. The number of amides is 13. The summed E-state index contributed by atoms with van der Waals surface area (Å²) in [5.74, 6) is -5.37. The lowest BCUT2D eigenvalue weighted by molar-refractivity contribution is -0.137. The molecule has 5 aliphatic rings. The molecule has 117 heavy (non-hydrogen) atoms. The van der Waals surface area contributed by atoms with Crippen molar-refractivity contribution >= 4 is 99.9 Å². The average molecular weight is 1630 g/mol. The fraction of sp³-hybridized carbons (Fsp3) is 0.500. The zero-order valence-corrected chi connectivity index (χ0v) is 67.8. The molecule has 0 radical (unpaired) electrons. The van der Waals surface area contributed by atoms with Gasteiger partial charge in [0.15, 0.2) is 29.2 Å². The zero-order valence-electron chi connectivity index (χ0n) is 67.8. The molecule has 0 spiro atoms. The van der Waals surface area contributed by atoms with Gasteiger partial charge in [-0.2, -0.15) is 0 Å². The number of rotatable bonds is 39. The first kappa shape index (κ1) is 89.2. The van der Waals surface area contributed by atoms with Crippen molar-refractivity contribution in [1.29, 1.82) is 0 Å².